The molecule has 0 heterocycles. The Hall–Kier alpha value is -0.780. The van der Waals surface area contributed by atoms with Crippen LogP contribution in [0.2, 0.25) is 0 Å². The Morgan fingerprint density at radius 2 is 2.08 bits per heavy atom. The van der Waals surface area contributed by atoms with E-state index in [1.54, 1.807) is 13.8 Å². The zero-order valence-corrected chi connectivity index (χ0v) is 15.4. The van der Waals surface area contributed by atoms with Gasteiger partial charge in [0.05, 0.1) is 6.10 Å². The Labute approximate surface area is 160 Å². The molecule has 0 spiro atoms. The van der Waals surface area contributed by atoms with E-state index >= 15 is 0 Å². The van der Waals surface area contributed by atoms with Crippen LogP contribution in [-0.4, -0.2) is 45.2 Å². The van der Waals surface area contributed by atoms with Crippen molar-refractivity contribution >= 4 is 11.6 Å². The SMILES string of the molecule is [2H]C1C(=O)[C@H]([2H])[C@]2([2H])CC[C@@H]3[C@H]([C@@H](O)C[C@@]4(C)[C@H]3CC[C@]4(O)C(=O)CO)[C@@]2(C)C1[2H]. The molecule has 3 N–H and O–H groups in total. The topological polar surface area (TPSA) is 94.8 Å². The van der Waals surface area contributed by atoms with Crippen molar-refractivity contribution in [2.45, 2.75) is 76.8 Å². The van der Waals surface area contributed by atoms with Crippen LogP contribution in [0.3, 0.4) is 0 Å². The molecule has 11 atom stereocenters. The van der Waals surface area contributed by atoms with Gasteiger partial charge in [-0.15, -0.1) is 0 Å². The first-order valence-electron chi connectivity index (χ1n) is 11.9. The zero-order valence-electron chi connectivity index (χ0n) is 19.4. The summed E-state index contributed by atoms with van der Waals surface area (Å²) in [6, 6.07) is 0. The molecule has 0 amide bonds. The molecule has 4 aliphatic rings. The van der Waals surface area contributed by atoms with E-state index in [9.17, 15) is 24.9 Å². The van der Waals surface area contributed by atoms with Crippen molar-refractivity contribution in [1.82, 2.24) is 0 Å². The minimum Gasteiger partial charge on any atom is -0.393 e. The van der Waals surface area contributed by atoms with Gasteiger partial charge in [0.15, 0.2) is 5.78 Å². The molecule has 0 aliphatic heterocycles. The number of carbonyl (C=O) groups is 2. The van der Waals surface area contributed by atoms with Gasteiger partial charge in [-0.1, -0.05) is 13.8 Å². The summed E-state index contributed by atoms with van der Waals surface area (Å²) in [4.78, 5) is 24.9. The second-order valence-corrected chi connectivity index (χ2v) is 9.19. The maximum Gasteiger partial charge on any atom is 0.190 e. The highest BCUT2D eigenvalue weighted by atomic mass is 16.3. The van der Waals surface area contributed by atoms with Crippen molar-refractivity contribution in [3.8, 4) is 0 Å². The molecule has 0 aromatic carbocycles. The maximum absolute atomic E-state index is 12.5. The van der Waals surface area contributed by atoms with Crippen molar-refractivity contribution in [3.05, 3.63) is 0 Å². The predicted octanol–water partition coefficient (Wildman–Crippen LogP) is 1.86. The maximum atomic E-state index is 12.5. The normalized spacial score (nSPS) is 67.1. The smallest absolute Gasteiger partial charge is 0.190 e. The molecule has 4 saturated carbocycles. The molecule has 0 radical (unpaired) electrons. The predicted molar refractivity (Wildman–Crippen MR) is 95.2 cm³/mol. The van der Waals surface area contributed by atoms with Gasteiger partial charge in [0, 0.05) is 23.7 Å². The quantitative estimate of drug-likeness (QED) is 0.692. The minimum atomic E-state index is -1.73. The molecular formula is C21H32O5. The lowest BCUT2D eigenvalue weighted by molar-refractivity contribution is -0.198. The van der Waals surface area contributed by atoms with Gasteiger partial charge in [0.25, 0.3) is 0 Å². The Morgan fingerprint density at radius 1 is 1.35 bits per heavy atom. The fourth-order valence-corrected chi connectivity index (χ4v) is 6.92. The highest BCUT2D eigenvalue weighted by Crippen LogP contribution is 2.68. The molecule has 0 aromatic rings. The summed E-state index contributed by atoms with van der Waals surface area (Å²) in [5, 5.41) is 32.0. The molecular weight excluding hydrogens is 332 g/mol. The minimum absolute atomic E-state index is 0.0821. The van der Waals surface area contributed by atoms with Crippen molar-refractivity contribution in [1.29, 1.82) is 0 Å². The molecule has 4 fully saturated rings. The standard InChI is InChI=1S/C21H32O5/c1-19-7-5-13(23)9-12(19)3-4-14-15-6-8-21(26,17(25)11-22)20(15,2)10-16(24)18(14)19/h12,14-16,18,22,24,26H,3-11H2,1-2H3/t12-,14-,15-,16-,18+,19-,20-,21-/m0/s1/i5D,7D,9D,12D/t5?,7?,9-,12+,14+,15+,16+,18-,19+,20+,21+/m1. The average molecular weight is 369 g/mol. The third-order valence-electron chi connectivity index (χ3n) is 8.25. The molecule has 4 rings (SSSR count). The van der Waals surface area contributed by atoms with Crippen molar-refractivity contribution in [2.75, 3.05) is 6.61 Å². The molecule has 2 unspecified atom stereocenters. The van der Waals surface area contributed by atoms with Gasteiger partial charge in [-0.2, -0.15) is 0 Å². The first-order chi connectivity index (χ1) is 13.8. The van der Waals surface area contributed by atoms with Crippen molar-refractivity contribution in [2.24, 2.45) is 34.5 Å². The van der Waals surface area contributed by atoms with Gasteiger partial charge in [0.1, 0.15) is 18.0 Å². The van der Waals surface area contributed by atoms with Crippen LogP contribution in [0.1, 0.15) is 70.6 Å². The summed E-state index contributed by atoms with van der Waals surface area (Å²) in [6.07, 6.45) is -3.64. The molecule has 0 aromatic heterocycles. The number of rotatable bonds is 2. The number of aliphatic hydroxyl groups excluding tert-OH is 2. The number of ketones is 2. The Morgan fingerprint density at radius 3 is 2.77 bits per heavy atom. The monoisotopic (exact) mass is 368 g/mol. The molecule has 4 aliphatic carbocycles. The first kappa shape index (κ1) is 14.3. The van der Waals surface area contributed by atoms with E-state index < -0.39 is 71.7 Å². The number of fused-ring (bicyclic) bond motifs is 5. The molecule has 5 nitrogen and oxygen atoms in total. The number of hydrogen-bond donors (Lipinski definition) is 3. The largest absolute Gasteiger partial charge is 0.393 e. The second-order valence-electron chi connectivity index (χ2n) is 9.19. The van der Waals surface area contributed by atoms with Gasteiger partial charge < -0.3 is 15.3 Å². The molecule has 0 saturated heterocycles. The lowest BCUT2D eigenvalue weighted by Gasteiger charge is -2.62. The van der Waals surface area contributed by atoms with Gasteiger partial charge >= 0.3 is 0 Å². The average Bonchev–Trinajstić information content (AvgIpc) is 2.98. The number of carbonyl (C=O) groups excluding carboxylic acids is 2. The van der Waals surface area contributed by atoms with Crippen LogP contribution >= 0.6 is 0 Å². The highest BCUT2D eigenvalue weighted by Gasteiger charge is 2.68. The van der Waals surface area contributed by atoms with E-state index in [1.807, 2.05) is 0 Å². The Bertz CT molecular complexity index is 780. The van der Waals surface area contributed by atoms with Crippen molar-refractivity contribution in [3.63, 3.8) is 0 Å². The van der Waals surface area contributed by atoms with Crippen LogP contribution in [-0.2, 0) is 9.59 Å². The fourth-order valence-electron chi connectivity index (χ4n) is 6.92. The number of hydrogen-bond acceptors (Lipinski definition) is 5. The van der Waals surface area contributed by atoms with Gasteiger partial charge in [0.2, 0.25) is 0 Å². The van der Waals surface area contributed by atoms with Crippen LogP contribution in [0, 0.1) is 34.5 Å². The highest BCUT2D eigenvalue weighted by molar-refractivity contribution is 5.89. The number of Topliss-reactive ketones (excluding diaryl/α,β-unsaturated/α-hetero) is 2. The lowest BCUT2D eigenvalue weighted by Crippen LogP contribution is -2.63. The van der Waals surface area contributed by atoms with Crippen LogP contribution in [0.15, 0.2) is 0 Å². The van der Waals surface area contributed by atoms with E-state index in [2.05, 4.69) is 0 Å². The van der Waals surface area contributed by atoms with Gasteiger partial charge in [-0.05, 0) is 67.6 Å². The van der Waals surface area contributed by atoms with Crippen LogP contribution in [0.4, 0.5) is 0 Å². The summed E-state index contributed by atoms with van der Waals surface area (Å²) in [7, 11) is 0. The summed E-state index contributed by atoms with van der Waals surface area (Å²) < 4.78 is 34.4. The van der Waals surface area contributed by atoms with E-state index in [0.29, 0.717) is 12.8 Å². The lowest BCUT2D eigenvalue weighted by atomic mass is 9.43. The van der Waals surface area contributed by atoms with E-state index in [4.69, 9.17) is 5.48 Å². The van der Waals surface area contributed by atoms with E-state index in [0.717, 1.165) is 0 Å². The van der Waals surface area contributed by atoms with Crippen LogP contribution in [0.25, 0.3) is 0 Å². The zero-order chi connectivity index (χ0) is 22.4. The van der Waals surface area contributed by atoms with Crippen molar-refractivity contribution < 1.29 is 30.4 Å². The van der Waals surface area contributed by atoms with Crippen LogP contribution < -0.4 is 0 Å². The summed E-state index contributed by atoms with van der Waals surface area (Å²) in [6.45, 7) is 2.70. The summed E-state index contributed by atoms with van der Waals surface area (Å²) >= 11 is 0. The summed E-state index contributed by atoms with van der Waals surface area (Å²) in [5.74, 6) is -3.80. The Balaban J connectivity index is 1.80. The molecule has 5 heteroatoms. The Kier molecular flexibility index (Phi) is 3.21. The van der Waals surface area contributed by atoms with Gasteiger partial charge in [-0.3, -0.25) is 9.59 Å². The first-order valence-corrected chi connectivity index (χ1v) is 9.66. The second kappa shape index (κ2) is 5.86. The van der Waals surface area contributed by atoms with Crippen LogP contribution in [0.5, 0.6) is 0 Å². The van der Waals surface area contributed by atoms with Gasteiger partial charge in [-0.25, -0.2) is 0 Å². The molecule has 146 valence electrons. The third-order valence-corrected chi connectivity index (χ3v) is 8.25. The fraction of sp³-hybridized carbons (Fsp3) is 0.905. The molecule has 0 bridgehead atoms. The van der Waals surface area contributed by atoms with E-state index in [1.165, 1.54) is 0 Å². The van der Waals surface area contributed by atoms with E-state index in [-0.39, 0.29) is 31.1 Å². The third kappa shape index (κ3) is 2.20. The molecule has 26 heavy (non-hydrogen) atoms. The summed E-state index contributed by atoms with van der Waals surface area (Å²) in [5.41, 5.74) is -3.90. The number of aliphatic hydroxyl groups is 3.